The van der Waals surface area contributed by atoms with E-state index in [4.69, 9.17) is 4.42 Å². The van der Waals surface area contributed by atoms with E-state index in [0.29, 0.717) is 0 Å². The van der Waals surface area contributed by atoms with Gasteiger partial charge in [0.05, 0.1) is 11.0 Å². The van der Waals surface area contributed by atoms with E-state index >= 15 is 0 Å². The molecule has 9 rings (SSSR count). The zero-order valence-corrected chi connectivity index (χ0v) is 23.3. The average Bonchev–Trinajstić information content (AvgIpc) is 3.61. The number of nitrogens with zero attached hydrogens (tertiary/aromatic N) is 2. The molecule has 0 bridgehead atoms. The summed E-state index contributed by atoms with van der Waals surface area (Å²) in [6.45, 7) is 0. The van der Waals surface area contributed by atoms with Crippen LogP contribution in [0.25, 0.3) is 60.2 Å². The smallest absolute Gasteiger partial charge is 0.143 e. The van der Waals surface area contributed by atoms with Crippen molar-refractivity contribution >= 4 is 71.6 Å². The van der Waals surface area contributed by atoms with Crippen LogP contribution in [0.2, 0.25) is 0 Å². The van der Waals surface area contributed by atoms with Crippen molar-refractivity contribution in [2.24, 2.45) is 0 Å². The number of aromatic nitrogens is 1. The Bertz CT molecular complexity index is 2450. The van der Waals surface area contributed by atoms with Crippen molar-refractivity contribution in [2.45, 2.75) is 0 Å². The Morgan fingerprint density at radius 1 is 0.419 bits per heavy atom. The first kappa shape index (κ1) is 23.9. The lowest BCUT2D eigenvalue weighted by Crippen LogP contribution is -2.09. The number of benzene rings is 7. The van der Waals surface area contributed by atoms with E-state index in [9.17, 15) is 0 Å². The minimum absolute atomic E-state index is 0.893. The molecule has 3 heteroatoms. The predicted molar refractivity (Wildman–Crippen MR) is 180 cm³/mol. The highest BCUT2D eigenvalue weighted by Crippen LogP contribution is 2.42. The lowest BCUT2D eigenvalue weighted by atomic mass is 10.1. The molecule has 2 aromatic heterocycles. The van der Waals surface area contributed by atoms with Crippen molar-refractivity contribution in [1.29, 1.82) is 0 Å². The number of furan rings is 1. The van der Waals surface area contributed by atoms with Gasteiger partial charge in [0.25, 0.3) is 0 Å². The van der Waals surface area contributed by atoms with Gasteiger partial charge in [-0.3, -0.25) is 0 Å². The SMILES string of the molecule is c1ccc(N(c2ccc3oc4c5ccccc5ccc4c3c2)c2ccc3c(c2)c2ccccc2n3-c2ccccc2)cc1. The van der Waals surface area contributed by atoms with E-state index in [0.717, 1.165) is 50.1 Å². The number of fused-ring (bicyclic) bond motifs is 8. The summed E-state index contributed by atoms with van der Waals surface area (Å²) < 4.78 is 8.80. The summed E-state index contributed by atoms with van der Waals surface area (Å²) in [5.41, 5.74) is 8.67. The van der Waals surface area contributed by atoms with Crippen LogP contribution in [0.5, 0.6) is 0 Å². The fraction of sp³-hybridized carbons (Fsp3) is 0. The van der Waals surface area contributed by atoms with Crippen molar-refractivity contribution < 1.29 is 4.42 Å². The molecule has 0 aliphatic rings. The molecule has 0 saturated heterocycles. The molecule has 0 unspecified atom stereocenters. The average molecular weight is 551 g/mol. The van der Waals surface area contributed by atoms with Gasteiger partial charge >= 0.3 is 0 Å². The summed E-state index contributed by atoms with van der Waals surface area (Å²) in [7, 11) is 0. The van der Waals surface area contributed by atoms with Gasteiger partial charge in [0, 0.05) is 49.7 Å². The minimum Gasteiger partial charge on any atom is -0.455 e. The number of hydrogen-bond acceptors (Lipinski definition) is 2. The van der Waals surface area contributed by atoms with Gasteiger partial charge in [-0.1, -0.05) is 84.9 Å². The molecule has 0 saturated carbocycles. The standard InChI is InChI=1S/C40H26N2O/c1-3-12-28(13-4-1)41(31-21-24-39-36(26-31)34-22-19-27-11-7-8-16-32(27)40(34)43-39)30-20-23-38-35(25-30)33-17-9-10-18-37(33)42(38)29-14-5-2-6-15-29/h1-26H. The van der Waals surface area contributed by atoms with Gasteiger partial charge in [-0.15, -0.1) is 0 Å². The van der Waals surface area contributed by atoms with E-state index in [-0.39, 0.29) is 0 Å². The second-order valence-electron chi connectivity index (χ2n) is 11.0. The van der Waals surface area contributed by atoms with Crippen molar-refractivity contribution in [3.05, 3.63) is 158 Å². The molecule has 43 heavy (non-hydrogen) atoms. The first-order chi connectivity index (χ1) is 21.3. The normalized spacial score (nSPS) is 11.7. The van der Waals surface area contributed by atoms with Gasteiger partial charge in [0.15, 0.2) is 0 Å². The van der Waals surface area contributed by atoms with Crippen LogP contribution in [-0.2, 0) is 0 Å². The molecular formula is C40H26N2O. The van der Waals surface area contributed by atoms with Gasteiger partial charge in [-0.2, -0.15) is 0 Å². The lowest BCUT2D eigenvalue weighted by Gasteiger charge is -2.25. The zero-order valence-electron chi connectivity index (χ0n) is 23.3. The second-order valence-corrected chi connectivity index (χ2v) is 11.0. The van der Waals surface area contributed by atoms with Crippen LogP contribution in [0.1, 0.15) is 0 Å². The minimum atomic E-state index is 0.893. The number of anilines is 3. The maximum atomic E-state index is 6.44. The Morgan fingerprint density at radius 2 is 1.07 bits per heavy atom. The van der Waals surface area contributed by atoms with E-state index in [1.54, 1.807) is 0 Å². The molecule has 0 N–H and O–H groups in total. The summed E-state index contributed by atoms with van der Waals surface area (Å²) >= 11 is 0. The first-order valence-electron chi connectivity index (χ1n) is 14.6. The van der Waals surface area contributed by atoms with Gasteiger partial charge in [-0.25, -0.2) is 0 Å². The fourth-order valence-electron chi connectivity index (χ4n) is 6.61. The summed E-state index contributed by atoms with van der Waals surface area (Å²) in [4.78, 5) is 2.34. The molecule has 0 fully saturated rings. The molecule has 9 aromatic rings. The van der Waals surface area contributed by atoms with Crippen LogP contribution >= 0.6 is 0 Å². The maximum absolute atomic E-state index is 6.44. The van der Waals surface area contributed by atoms with Crippen LogP contribution in [0.3, 0.4) is 0 Å². The Kier molecular flexibility index (Phi) is 5.20. The third kappa shape index (κ3) is 3.68. The highest BCUT2D eigenvalue weighted by atomic mass is 16.3. The topological polar surface area (TPSA) is 21.3 Å². The molecule has 202 valence electrons. The number of rotatable bonds is 4. The summed E-state index contributed by atoms with van der Waals surface area (Å²) in [5, 5.41) is 7.02. The molecule has 2 heterocycles. The molecule has 7 aromatic carbocycles. The van der Waals surface area contributed by atoms with Crippen LogP contribution in [-0.4, -0.2) is 4.57 Å². The van der Waals surface area contributed by atoms with Crippen LogP contribution in [0, 0.1) is 0 Å². The Labute approximate surface area is 248 Å². The summed E-state index contributed by atoms with van der Waals surface area (Å²) in [6.07, 6.45) is 0. The summed E-state index contributed by atoms with van der Waals surface area (Å²) in [6, 6.07) is 56.0. The Hall–Kier alpha value is -5.80. The first-order valence-corrected chi connectivity index (χ1v) is 14.6. The van der Waals surface area contributed by atoms with Crippen LogP contribution in [0.15, 0.2) is 162 Å². The highest BCUT2D eigenvalue weighted by molar-refractivity contribution is 6.16. The molecule has 0 amide bonds. The Balaban J connectivity index is 1.28. The lowest BCUT2D eigenvalue weighted by molar-refractivity contribution is 0.672. The summed E-state index contributed by atoms with van der Waals surface area (Å²) in [5.74, 6) is 0. The third-order valence-corrected chi connectivity index (χ3v) is 8.55. The van der Waals surface area contributed by atoms with Gasteiger partial charge in [0.2, 0.25) is 0 Å². The van der Waals surface area contributed by atoms with Gasteiger partial charge in [-0.05, 0) is 78.2 Å². The molecule has 0 spiro atoms. The molecule has 0 atom stereocenters. The van der Waals surface area contributed by atoms with Crippen molar-refractivity contribution in [2.75, 3.05) is 4.90 Å². The third-order valence-electron chi connectivity index (χ3n) is 8.55. The van der Waals surface area contributed by atoms with Gasteiger partial charge in [0.1, 0.15) is 11.2 Å². The molecular weight excluding hydrogens is 524 g/mol. The predicted octanol–water partition coefficient (Wildman–Crippen LogP) is 11.3. The maximum Gasteiger partial charge on any atom is 0.143 e. The molecule has 3 nitrogen and oxygen atoms in total. The van der Waals surface area contributed by atoms with E-state index in [1.807, 2.05) is 0 Å². The molecule has 0 radical (unpaired) electrons. The number of hydrogen-bond donors (Lipinski definition) is 0. The fourth-order valence-corrected chi connectivity index (χ4v) is 6.61. The largest absolute Gasteiger partial charge is 0.455 e. The zero-order chi connectivity index (χ0) is 28.3. The van der Waals surface area contributed by atoms with E-state index in [1.165, 1.54) is 27.2 Å². The monoisotopic (exact) mass is 550 g/mol. The van der Waals surface area contributed by atoms with Crippen molar-refractivity contribution in [3.63, 3.8) is 0 Å². The van der Waals surface area contributed by atoms with Crippen LogP contribution < -0.4 is 4.90 Å². The van der Waals surface area contributed by atoms with Crippen molar-refractivity contribution in [1.82, 2.24) is 4.57 Å². The second kappa shape index (κ2) is 9.37. The van der Waals surface area contributed by atoms with Gasteiger partial charge < -0.3 is 13.9 Å². The molecule has 0 aliphatic carbocycles. The number of para-hydroxylation sites is 3. The van der Waals surface area contributed by atoms with Crippen molar-refractivity contribution in [3.8, 4) is 5.69 Å². The molecule has 0 aliphatic heterocycles. The quantitative estimate of drug-likeness (QED) is 0.217. The highest BCUT2D eigenvalue weighted by Gasteiger charge is 2.19. The Morgan fingerprint density at radius 3 is 1.91 bits per heavy atom. The van der Waals surface area contributed by atoms with E-state index < -0.39 is 0 Å². The van der Waals surface area contributed by atoms with E-state index in [2.05, 4.69) is 167 Å². The van der Waals surface area contributed by atoms with Crippen LogP contribution in [0.4, 0.5) is 17.1 Å².